The van der Waals surface area contributed by atoms with Gasteiger partial charge in [-0.05, 0) is 6.92 Å². The van der Waals surface area contributed by atoms with Crippen molar-refractivity contribution in [3.05, 3.63) is 0 Å². The van der Waals surface area contributed by atoms with Crippen molar-refractivity contribution in [2.45, 2.75) is 67.8 Å². The molecule has 0 aromatic rings. The quantitative estimate of drug-likeness (QED) is 0.237. The van der Waals surface area contributed by atoms with E-state index in [0.717, 1.165) is 0 Å². The van der Waals surface area contributed by atoms with Crippen molar-refractivity contribution in [3.8, 4) is 0 Å². The molecule has 1 aliphatic carbocycles. The zero-order valence-corrected chi connectivity index (χ0v) is 13.3. The molecule has 11 atom stereocenters. The molecule has 24 heavy (non-hydrogen) atoms. The minimum atomic E-state index is -1.62. The first-order valence-electron chi connectivity index (χ1n) is 7.96. The number of rotatable bonds is 4. The predicted octanol–water partition coefficient (Wildman–Crippen LogP) is -5.12. The van der Waals surface area contributed by atoms with Gasteiger partial charge in [0.2, 0.25) is 0 Å². The molecule has 2 aliphatic rings. The Hall–Kier alpha value is -0.400. The number of hydrogen-bond acceptors (Lipinski definition) is 10. The van der Waals surface area contributed by atoms with E-state index in [0.29, 0.717) is 0 Å². The molecule has 1 saturated carbocycles. The van der Waals surface area contributed by atoms with Crippen molar-refractivity contribution in [1.29, 1.82) is 0 Å². The molecular weight excluding hydrogens is 326 g/mol. The number of ether oxygens (including phenoxy) is 1. The van der Waals surface area contributed by atoms with E-state index in [1.165, 1.54) is 6.92 Å². The first-order chi connectivity index (χ1) is 11.2. The summed E-state index contributed by atoms with van der Waals surface area (Å²) in [6.07, 6.45) is -10.4. The van der Waals surface area contributed by atoms with E-state index in [2.05, 4.69) is 5.32 Å². The minimum Gasteiger partial charge on any atom is -0.396 e. The van der Waals surface area contributed by atoms with Crippen LogP contribution in [0.15, 0.2) is 0 Å². The molecule has 9 N–H and O–H groups in total. The topological polar surface area (TPSA) is 183 Å². The van der Waals surface area contributed by atoms with Gasteiger partial charge in [-0.1, -0.05) is 0 Å². The maximum absolute atomic E-state index is 10.3. The van der Waals surface area contributed by atoms with Crippen LogP contribution in [0.25, 0.3) is 0 Å². The fraction of sp³-hybridized carbons (Fsp3) is 1.00. The molecule has 11 unspecified atom stereocenters. The Morgan fingerprint density at radius 2 is 1.29 bits per heavy atom. The standard InChI is InChI=1S/C14H27NO9/c1-4-9(18)12(21)7(6(3-17)24-4)15-8-10(19)5(2-16)11(20)14(23)13(8)22/h4-23H,2-3H2,1H3. The van der Waals surface area contributed by atoms with Crippen molar-refractivity contribution >= 4 is 0 Å². The van der Waals surface area contributed by atoms with E-state index >= 15 is 0 Å². The van der Waals surface area contributed by atoms with E-state index in [4.69, 9.17) is 4.74 Å². The molecule has 1 heterocycles. The van der Waals surface area contributed by atoms with Crippen molar-refractivity contribution in [3.63, 3.8) is 0 Å². The highest BCUT2D eigenvalue weighted by Crippen LogP contribution is 2.29. The Labute approximate surface area is 138 Å². The molecule has 10 nitrogen and oxygen atoms in total. The summed E-state index contributed by atoms with van der Waals surface area (Å²) in [4.78, 5) is 0. The van der Waals surface area contributed by atoms with Gasteiger partial charge in [-0.25, -0.2) is 0 Å². The normalized spacial score (nSPS) is 53.1. The summed E-state index contributed by atoms with van der Waals surface area (Å²) in [6.45, 7) is 0.412. The van der Waals surface area contributed by atoms with Crippen LogP contribution in [0, 0.1) is 5.92 Å². The van der Waals surface area contributed by atoms with Crippen LogP contribution in [0.2, 0.25) is 0 Å². The van der Waals surface area contributed by atoms with Gasteiger partial charge in [0.15, 0.2) is 0 Å². The Balaban J connectivity index is 2.20. The highest BCUT2D eigenvalue weighted by atomic mass is 16.5. The van der Waals surface area contributed by atoms with E-state index in [9.17, 15) is 40.9 Å². The Morgan fingerprint density at radius 3 is 1.83 bits per heavy atom. The summed E-state index contributed by atoms with van der Waals surface area (Å²) in [5.74, 6) is -1.11. The molecule has 10 heteroatoms. The van der Waals surface area contributed by atoms with E-state index in [1.807, 2.05) is 0 Å². The van der Waals surface area contributed by atoms with Crippen LogP contribution < -0.4 is 5.32 Å². The Morgan fingerprint density at radius 1 is 0.708 bits per heavy atom. The fourth-order valence-electron chi connectivity index (χ4n) is 3.49. The largest absolute Gasteiger partial charge is 0.396 e. The number of hydrogen-bond donors (Lipinski definition) is 9. The van der Waals surface area contributed by atoms with Gasteiger partial charge >= 0.3 is 0 Å². The molecule has 0 spiro atoms. The average molecular weight is 353 g/mol. The van der Waals surface area contributed by atoms with Gasteiger partial charge < -0.3 is 50.9 Å². The summed E-state index contributed by atoms with van der Waals surface area (Å²) in [5.41, 5.74) is 0. The highest BCUT2D eigenvalue weighted by Gasteiger charge is 2.51. The zero-order chi connectivity index (χ0) is 18.2. The molecule has 0 radical (unpaired) electrons. The minimum absolute atomic E-state index is 0.487. The van der Waals surface area contributed by atoms with Crippen LogP contribution in [-0.4, -0.2) is 115 Å². The van der Waals surface area contributed by atoms with Crippen molar-refractivity contribution < 1.29 is 45.6 Å². The first kappa shape index (κ1) is 19.9. The molecular formula is C14H27NO9. The fourth-order valence-corrected chi connectivity index (χ4v) is 3.49. The van der Waals surface area contributed by atoms with Crippen molar-refractivity contribution in [2.75, 3.05) is 13.2 Å². The predicted molar refractivity (Wildman–Crippen MR) is 78.7 cm³/mol. The lowest BCUT2D eigenvalue weighted by Gasteiger charge is -2.48. The molecule has 142 valence electrons. The number of nitrogens with one attached hydrogen (secondary N) is 1. The van der Waals surface area contributed by atoms with Gasteiger partial charge in [0.25, 0.3) is 0 Å². The second-order valence-corrected chi connectivity index (χ2v) is 6.57. The van der Waals surface area contributed by atoms with Crippen LogP contribution in [0.1, 0.15) is 6.92 Å². The summed E-state index contributed by atoms with van der Waals surface area (Å²) < 4.78 is 5.40. The van der Waals surface area contributed by atoms with Gasteiger partial charge in [-0.2, -0.15) is 0 Å². The zero-order valence-electron chi connectivity index (χ0n) is 13.3. The van der Waals surface area contributed by atoms with Crippen LogP contribution in [0.4, 0.5) is 0 Å². The molecule has 0 bridgehead atoms. The summed E-state index contributed by atoms with van der Waals surface area (Å²) in [5, 5.41) is 81.7. The van der Waals surface area contributed by atoms with Crippen LogP contribution >= 0.6 is 0 Å². The second kappa shape index (κ2) is 7.87. The van der Waals surface area contributed by atoms with Crippen molar-refractivity contribution in [2.24, 2.45) is 5.92 Å². The smallest absolute Gasteiger partial charge is 0.108 e. The van der Waals surface area contributed by atoms with Crippen LogP contribution in [0.3, 0.4) is 0 Å². The van der Waals surface area contributed by atoms with E-state index < -0.39 is 80.0 Å². The SMILES string of the molecule is CC1OC(CO)C(NC2C(O)C(O)C(O)C(CO)C2O)C(O)C1O. The second-order valence-electron chi connectivity index (χ2n) is 6.57. The summed E-state index contributed by atoms with van der Waals surface area (Å²) in [6, 6.07) is -2.27. The lowest BCUT2D eigenvalue weighted by atomic mass is 9.76. The summed E-state index contributed by atoms with van der Waals surface area (Å²) >= 11 is 0. The number of aliphatic hydroxyl groups excluding tert-OH is 8. The van der Waals surface area contributed by atoms with Gasteiger partial charge in [0, 0.05) is 5.92 Å². The molecule has 2 rings (SSSR count). The lowest BCUT2D eigenvalue weighted by Crippen LogP contribution is -2.72. The third-order valence-corrected chi connectivity index (χ3v) is 5.08. The van der Waals surface area contributed by atoms with Crippen LogP contribution in [0.5, 0.6) is 0 Å². The summed E-state index contributed by atoms with van der Waals surface area (Å²) in [7, 11) is 0. The molecule has 0 amide bonds. The van der Waals surface area contributed by atoms with E-state index in [1.54, 1.807) is 0 Å². The highest BCUT2D eigenvalue weighted by molar-refractivity contribution is 5.05. The molecule has 0 aromatic carbocycles. The van der Waals surface area contributed by atoms with Gasteiger partial charge in [-0.3, -0.25) is 0 Å². The third kappa shape index (κ3) is 3.44. The maximum atomic E-state index is 10.3. The van der Waals surface area contributed by atoms with Gasteiger partial charge in [0.05, 0.1) is 49.7 Å². The Bertz CT molecular complexity index is 412. The number of aliphatic hydroxyl groups is 8. The average Bonchev–Trinajstić information content (AvgIpc) is 2.56. The first-order valence-corrected chi connectivity index (χ1v) is 7.96. The van der Waals surface area contributed by atoms with Gasteiger partial charge in [-0.15, -0.1) is 0 Å². The monoisotopic (exact) mass is 353 g/mol. The molecule has 1 saturated heterocycles. The maximum Gasteiger partial charge on any atom is 0.108 e. The lowest BCUT2D eigenvalue weighted by molar-refractivity contribution is -0.206. The van der Waals surface area contributed by atoms with E-state index in [-0.39, 0.29) is 0 Å². The molecule has 2 fully saturated rings. The van der Waals surface area contributed by atoms with Crippen molar-refractivity contribution in [1.82, 2.24) is 5.32 Å². The Kier molecular flexibility index (Phi) is 6.53. The van der Waals surface area contributed by atoms with Gasteiger partial charge in [0.1, 0.15) is 24.4 Å². The van der Waals surface area contributed by atoms with Crippen LogP contribution in [-0.2, 0) is 4.74 Å². The molecule has 0 aromatic heterocycles. The molecule has 1 aliphatic heterocycles. The third-order valence-electron chi connectivity index (χ3n) is 5.08.